The van der Waals surface area contributed by atoms with Gasteiger partial charge in [0, 0.05) is 5.75 Å². The maximum absolute atomic E-state index is 12.2. The lowest BCUT2D eigenvalue weighted by Crippen LogP contribution is -2.29. The molecule has 0 fully saturated rings. The van der Waals surface area contributed by atoms with Crippen LogP contribution in [0.2, 0.25) is 0 Å². The Hall–Kier alpha value is -2.49. The summed E-state index contributed by atoms with van der Waals surface area (Å²) in [6, 6.07) is 2.56. The Morgan fingerprint density at radius 1 is 1.14 bits per heavy atom. The summed E-state index contributed by atoms with van der Waals surface area (Å²) in [4.78, 5) is 34.8. The molecule has 162 valence electrons. The highest BCUT2D eigenvalue weighted by Gasteiger charge is 2.30. The molecule has 1 rings (SSSR count). The Balaban J connectivity index is 2.70. The number of nitro groups is 1. The molecular formula is C19H27NO8S. The number of rotatable bonds is 11. The third kappa shape index (κ3) is 7.45. The maximum Gasteiger partial charge on any atom is 0.508 e. The fraction of sp³-hybridized carbons (Fsp3) is 0.579. The molecule has 0 aromatic heterocycles. The number of carbonyl (C=O) groups is 2. The van der Waals surface area contributed by atoms with Crippen molar-refractivity contribution in [3.8, 4) is 11.5 Å². The van der Waals surface area contributed by atoms with E-state index in [4.69, 9.17) is 18.9 Å². The zero-order valence-corrected chi connectivity index (χ0v) is 18.1. The SMILES string of the molecule is CCCCSC(=O)C(C)(C)COC(=O)OCc1cc(OC)c(OC)cc1[N+](=O)[O-]. The third-order valence-corrected chi connectivity index (χ3v) is 5.27. The van der Waals surface area contributed by atoms with Crippen LogP contribution in [0.5, 0.6) is 11.5 Å². The van der Waals surface area contributed by atoms with Gasteiger partial charge in [0.05, 0.1) is 36.2 Å². The number of hydrogen-bond donors (Lipinski definition) is 0. The summed E-state index contributed by atoms with van der Waals surface area (Å²) in [5, 5.41) is 11.2. The van der Waals surface area contributed by atoms with Crippen molar-refractivity contribution in [2.24, 2.45) is 5.41 Å². The van der Waals surface area contributed by atoms with E-state index in [1.807, 2.05) is 6.92 Å². The standard InChI is InChI=1S/C19H27NO8S/c1-6-7-8-29-17(21)19(2,3)12-28-18(22)27-11-13-9-15(25-4)16(26-5)10-14(13)20(23)24/h9-10H,6-8,11-12H2,1-5H3. The Bertz CT molecular complexity index is 735. The van der Waals surface area contributed by atoms with E-state index in [1.165, 1.54) is 38.1 Å². The van der Waals surface area contributed by atoms with Crippen molar-refractivity contribution in [1.82, 2.24) is 0 Å². The molecule has 10 heteroatoms. The van der Waals surface area contributed by atoms with E-state index in [0.29, 0.717) is 5.75 Å². The molecule has 0 saturated carbocycles. The van der Waals surface area contributed by atoms with Gasteiger partial charge in [-0.05, 0) is 26.3 Å². The quantitative estimate of drug-likeness (QED) is 0.219. The van der Waals surface area contributed by atoms with Crippen LogP contribution < -0.4 is 9.47 Å². The Labute approximate surface area is 174 Å². The van der Waals surface area contributed by atoms with E-state index in [1.54, 1.807) is 13.8 Å². The average molecular weight is 429 g/mol. The molecule has 0 heterocycles. The van der Waals surface area contributed by atoms with Crippen LogP contribution in [0.3, 0.4) is 0 Å². The van der Waals surface area contributed by atoms with Crippen molar-refractivity contribution in [3.63, 3.8) is 0 Å². The monoisotopic (exact) mass is 429 g/mol. The molecule has 0 aliphatic rings. The van der Waals surface area contributed by atoms with Crippen molar-refractivity contribution >= 4 is 28.7 Å². The average Bonchev–Trinajstić information content (AvgIpc) is 2.69. The summed E-state index contributed by atoms with van der Waals surface area (Å²) in [6.45, 7) is 4.85. The Kier molecular flexibility index (Phi) is 9.73. The zero-order valence-electron chi connectivity index (χ0n) is 17.3. The second kappa shape index (κ2) is 11.5. The zero-order chi connectivity index (χ0) is 22.0. The van der Waals surface area contributed by atoms with Gasteiger partial charge in [0.15, 0.2) is 16.6 Å². The molecule has 0 aliphatic carbocycles. The van der Waals surface area contributed by atoms with Crippen LogP contribution >= 0.6 is 11.8 Å². The Morgan fingerprint density at radius 3 is 2.31 bits per heavy atom. The van der Waals surface area contributed by atoms with Crippen molar-refractivity contribution in [2.75, 3.05) is 26.6 Å². The van der Waals surface area contributed by atoms with Gasteiger partial charge >= 0.3 is 6.16 Å². The highest BCUT2D eigenvalue weighted by Crippen LogP contribution is 2.35. The molecule has 0 spiro atoms. The van der Waals surface area contributed by atoms with Crippen molar-refractivity contribution in [2.45, 2.75) is 40.2 Å². The van der Waals surface area contributed by atoms with Gasteiger partial charge in [0.1, 0.15) is 13.2 Å². The van der Waals surface area contributed by atoms with Gasteiger partial charge in [0.25, 0.3) is 5.69 Å². The fourth-order valence-electron chi connectivity index (χ4n) is 2.18. The van der Waals surface area contributed by atoms with Crippen LogP contribution in [0.1, 0.15) is 39.2 Å². The highest BCUT2D eigenvalue weighted by molar-refractivity contribution is 8.13. The Morgan fingerprint density at radius 2 is 1.76 bits per heavy atom. The van der Waals surface area contributed by atoms with Gasteiger partial charge in [-0.1, -0.05) is 25.1 Å². The van der Waals surface area contributed by atoms with Gasteiger partial charge in [-0.15, -0.1) is 0 Å². The number of unbranched alkanes of at least 4 members (excludes halogenated alkanes) is 1. The minimum atomic E-state index is -1.02. The summed E-state index contributed by atoms with van der Waals surface area (Å²) in [5.41, 5.74) is -1.03. The normalized spacial score (nSPS) is 10.9. The molecule has 1 aromatic rings. The van der Waals surface area contributed by atoms with Gasteiger partial charge in [-0.3, -0.25) is 14.9 Å². The first kappa shape index (κ1) is 24.5. The molecule has 0 amide bonds. The second-order valence-corrected chi connectivity index (χ2v) is 7.86. The minimum absolute atomic E-state index is 0.0747. The predicted octanol–water partition coefficient (Wildman–Crippen LogP) is 4.35. The number of methoxy groups -OCH3 is 2. The lowest BCUT2D eigenvalue weighted by molar-refractivity contribution is -0.385. The van der Waals surface area contributed by atoms with Crippen LogP contribution in [0, 0.1) is 15.5 Å². The smallest absolute Gasteiger partial charge is 0.493 e. The summed E-state index contributed by atoms with van der Waals surface area (Å²) in [7, 11) is 2.75. The fourth-order valence-corrected chi connectivity index (χ4v) is 3.25. The summed E-state index contributed by atoms with van der Waals surface area (Å²) in [5.74, 6) is 1.17. The first-order valence-electron chi connectivity index (χ1n) is 9.02. The lowest BCUT2D eigenvalue weighted by Gasteiger charge is -2.21. The first-order chi connectivity index (χ1) is 13.7. The van der Waals surface area contributed by atoms with Gasteiger partial charge in [-0.25, -0.2) is 4.79 Å². The van der Waals surface area contributed by atoms with E-state index in [-0.39, 0.29) is 34.5 Å². The number of benzene rings is 1. The van der Waals surface area contributed by atoms with Crippen LogP contribution in [0.4, 0.5) is 10.5 Å². The van der Waals surface area contributed by atoms with Crippen LogP contribution in [0.15, 0.2) is 12.1 Å². The van der Waals surface area contributed by atoms with E-state index in [2.05, 4.69) is 0 Å². The highest BCUT2D eigenvalue weighted by atomic mass is 32.2. The van der Waals surface area contributed by atoms with E-state index in [0.717, 1.165) is 12.8 Å². The minimum Gasteiger partial charge on any atom is -0.493 e. The molecule has 1 aromatic carbocycles. The molecular weight excluding hydrogens is 402 g/mol. The summed E-state index contributed by atoms with van der Waals surface area (Å²) >= 11 is 1.21. The number of ether oxygens (including phenoxy) is 4. The van der Waals surface area contributed by atoms with Crippen molar-refractivity contribution < 1.29 is 33.5 Å². The molecule has 0 aliphatic heterocycles. The van der Waals surface area contributed by atoms with Crippen LogP contribution in [-0.4, -0.2) is 42.8 Å². The summed E-state index contributed by atoms with van der Waals surface area (Å²) in [6.07, 6.45) is 0.902. The number of carbonyl (C=O) groups excluding carboxylic acids is 2. The molecule has 0 N–H and O–H groups in total. The lowest BCUT2D eigenvalue weighted by atomic mass is 9.97. The molecule has 0 bridgehead atoms. The van der Waals surface area contributed by atoms with E-state index in [9.17, 15) is 19.7 Å². The van der Waals surface area contributed by atoms with Crippen molar-refractivity contribution in [3.05, 3.63) is 27.8 Å². The van der Waals surface area contributed by atoms with Gasteiger partial charge < -0.3 is 18.9 Å². The molecule has 0 atom stereocenters. The molecule has 0 radical (unpaired) electrons. The molecule has 0 saturated heterocycles. The van der Waals surface area contributed by atoms with E-state index < -0.39 is 23.1 Å². The molecule has 9 nitrogen and oxygen atoms in total. The largest absolute Gasteiger partial charge is 0.508 e. The van der Waals surface area contributed by atoms with Gasteiger partial charge in [0.2, 0.25) is 0 Å². The predicted molar refractivity (Wildman–Crippen MR) is 108 cm³/mol. The number of thioether (sulfide) groups is 1. The van der Waals surface area contributed by atoms with Crippen LogP contribution in [-0.2, 0) is 20.9 Å². The maximum atomic E-state index is 12.2. The second-order valence-electron chi connectivity index (χ2n) is 6.79. The van der Waals surface area contributed by atoms with Gasteiger partial charge in [-0.2, -0.15) is 0 Å². The number of nitrogens with zero attached hydrogens (tertiary/aromatic N) is 1. The number of nitro benzene ring substituents is 1. The number of hydrogen-bond acceptors (Lipinski definition) is 9. The van der Waals surface area contributed by atoms with E-state index >= 15 is 0 Å². The summed E-state index contributed by atoms with van der Waals surface area (Å²) < 4.78 is 20.2. The molecule has 29 heavy (non-hydrogen) atoms. The van der Waals surface area contributed by atoms with Crippen molar-refractivity contribution in [1.29, 1.82) is 0 Å². The van der Waals surface area contributed by atoms with Crippen LogP contribution in [0.25, 0.3) is 0 Å². The third-order valence-electron chi connectivity index (χ3n) is 3.96. The topological polar surface area (TPSA) is 114 Å². The first-order valence-corrected chi connectivity index (χ1v) is 10.0. The molecule has 0 unspecified atom stereocenters.